The van der Waals surface area contributed by atoms with E-state index in [1.54, 1.807) is 30.6 Å². The van der Waals surface area contributed by atoms with Gasteiger partial charge < -0.3 is 15.5 Å². The van der Waals surface area contributed by atoms with Crippen molar-refractivity contribution in [1.82, 2.24) is 14.6 Å². The van der Waals surface area contributed by atoms with Gasteiger partial charge in [0, 0.05) is 61.5 Å². The maximum Gasteiger partial charge on any atom is 0.319 e. The molecule has 0 atom stereocenters. The number of urea groups is 1. The summed E-state index contributed by atoms with van der Waals surface area (Å²) in [5, 5.41) is 6.11. The number of nitrogens with zero attached hydrogens (tertiary/aromatic N) is 3. The minimum absolute atomic E-state index is 0.196. The second kappa shape index (κ2) is 10.4. The van der Waals surface area contributed by atoms with Crippen molar-refractivity contribution in [3.8, 4) is 0 Å². The number of amides is 2. The normalized spacial score (nSPS) is 14.6. The molecule has 34 heavy (non-hydrogen) atoms. The molecule has 1 saturated heterocycles. The van der Waals surface area contributed by atoms with E-state index in [1.807, 2.05) is 31.2 Å². The highest BCUT2D eigenvalue weighted by Gasteiger charge is 2.29. The topological polar surface area (TPSA) is 94.6 Å². The first kappa shape index (κ1) is 24.0. The SMILES string of the molecule is Cc1ccc(Cl)cc1N1CCN(S(=O)(=O)c2ccc(NC(=O)NCc3cccnc3)cc2)CC1. The van der Waals surface area contributed by atoms with E-state index in [0.717, 1.165) is 16.8 Å². The predicted octanol–water partition coefficient (Wildman–Crippen LogP) is 3.88. The van der Waals surface area contributed by atoms with Crippen LogP contribution in [0.5, 0.6) is 0 Å². The standard InChI is InChI=1S/C24H26ClN5O3S/c1-18-4-5-20(25)15-23(18)29-11-13-30(14-12-29)34(32,33)22-8-6-21(7-9-22)28-24(31)27-17-19-3-2-10-26-16-19/h2-10,15-16H,11-14,17H2,1H3,(H2,27,28,31). The number of piperazine rings is 1. The van der Waals surface area contributed by atoms with Gasteiger partial charge in [-0.1, -0.05) is 23.7 Å². The number of anilines is 2. The van der Waals surface area contributed by atoms with Crippen molar-refractivity contribution in [1.29, 1.82) is 0 Å². The third-order valence-corrected chi connectivity index (χ3v) is 7.82. The molecular formula is C24H26ClN5O3S. The molecule has 1 aliphatic heterocycles. The van der Waals surface area contributed by atoms with Gasteiger partial charge in [0.2, 0.25) is 10.0 Å². The van der Waals surface area contributed by atoms with Crippen LogP contribution in [0.3, 0.4) is 0 Å². The first-order chi connectivity index (χ1) is 16.3. The molecule has 0 radical (unpaired) electrons. The molecule has 0 saturated carbocycles. The van der Waals surface area contributed by atoms with Gasteiger partial charge in [-0.3, -0.25) is 4.98 Å². The van der Waals surface area contributed by atoms with Gasteiger partial charge in [-0.2, -0.15) is 4.31 Å². The highest BCUT2D eigenvalue weighted by atomic mass is 35.5. The van der Waals surface area contributed by atoms with Crippen LogP contribution in [0.25, 0.3) is 0 Å². The van der Waals surface area contributed by atoms with Crippen LogP contribution in [0.2, 0.25) is 5.02 Å². The summed E-state index contributed by atoms with van der Waals surface area (Å²) in [6.07, 6.45) is 3.34. The van der Waals surface area contributed by atoms with E-state index in [-0.39, 0.29) is 10.9 Å². The number of nitrogens with one attached hydrogen (secondary N) is 2. The van der Waals surface area contributed by atoms with Gasteiger partial charge in [0.25, 0.3) is 0 Å². The number of hydrogen-bond acceptors (Lipinski definition) is 5. The van der Waals surface area contributed by atoms with E-state index < -0.39 is 10.0 Å². The Labute approximate surface area is 204 Å². The van der Waals surface area contributed by atoms with Crippen LogP contribution in [0.15, 0.2) is 71.9 Å². The van der Waals surface area contributed by atoms with E-state index in [9.17, 15) is 13.2 Å². The lowest BCUT2D eigenvalue weighted by molar-refractivity contribution is 0.251. The molecule has 0 unspecified atom stereocenters. The van der Waals surface area contributed by atoms with Crippen molar-refractivity contribution in [2.45, 2.75) is 18.4 Å². The molecule has 8 nitrogen and oxygen atoms in total. The summed E-state index contributed by atoms with van der Waals surface area (Å²) in [6.45, 7) is 4.28. The summed E-state index contributed by atoms with van der Waals surface area (Å²) >= 11 is 6.14. The Balaban J connectivity index is 1.34. The van der Waals surface area contributed by atoms with Crippen molar-refractivity contribution >= 4 is 39.0 Å². The summed E-state index contributed by atoms with van der Waals surface area (Å²) in [5.74, 6) is 0. The van der Waals surface area contributed by atoms with Crippen LogP contribution in [-0.2, 0) is 16.6 Å². The van der Waals surface area contributed by atoms with E-state index in [1.165, 1.54) is 16.4 Å². The lowest BCUT2D eigenvalue weighted by Gasteiger charge is -2.36. The average molecular weight is 500 g/mol. The largest absolute Gasteiger partial charge is 0.369 e. The lowest BCUT2D eigenvalue weighted by Crippen LogP contribution is -2.48. The maximum atomic E-state index is 13.1. The number of aromatic nitrogens is 1. The maximum absolute atomic E-state index is 13.1. The van der Waals surface area contributed by atoms with Crippen LogP contribution in [0, 0.1) is 6.92 Å². The Morgan fingerprint density at radius 2 is 1.79 bits per heavy atom. The molecule has 0 spiro atoms. The lowest BCUT2D eigenvalue weighted by atomic mass is 10.1. The summed E-state index contributed by atoms with van der Waals surface area (Å²) < 4.78 is 27.7. The minimum Gasteiger partial charge on any atom is -0.369 e. The number of benzene rings is 2. The van der Waals surface area contributed by atoms with Crippen LogP contribution < -0.4 is 15.5 Å². The fraction of sp³-hybridized carbons (Fsp3) is 0.250. The Hall–Kier alpha value is -3.14. The van der Waals surface area contributed by atoms with Gasteiger partial charge in [-0.25, -0.2) is 13.2 Å². The van der Waals surface area contributed by atoms with Crippen molar-refractivity contribution in [3.05, 3.63) is 83.1 Å². The van der Waals surface area contributed by atoms with Crippen molar-refractivity contribution < 1.29 is 13.2 Å². The Morgan fingerprint density at radius 1 is 1.06 bits per heavy atom. The molecular weight excluding hydrogens is 474 g/mol. The van der Waals surface area contributed by atoms with Gasteiger partial charge in [-0.15, -0.1) is 0 Å². The molecule has 10 heteroatoms. The van der Waals surface area contributed by atoms with Gasteiger partial charge in [0.05, 0.1) is 4.90 Å². The van der Waals surface area contributed by atoms with Crippen LogP contribution in [-0.4, -0.2) is 49.9 Å². The monoisotopic (exact) mass is 499 g/mol. The zero-order valence-corrected chi connectivity index (χ0v) is 20.3. The van der Waals surface area contributed by atoms with E-state index in [4.69, 9.17) is 11.6 Å². The number of pyridine rings is 1. The molecule has 2 N–H and O–H groups in total. The molecule has 2 amide bonds. The summed E-state index contributed by atoms with van der Waals surface area (Å²) in [7, 11) is -3.63. The molecule has 1 aliphatic rings. The Kier molecular flexibility index (Phi) is 7.35. The van der Waals surface area contributed by atoms with Crippen LogP contribution in [0.4, 0.5) is 16.2 Å². The van der Waals surface area contributed by atoms with Crippen LogP contribution >= 0.6 is 11.6 Å². The quantitative estimate of drug-likeness (QED) is 0.536. The predicted molar refractivity (Wildman–Crippen MR) is 134 cm³/mol. The fourth-order valence-electron chi connectivity index (χ4n) is 3.81. The van der Waals surface area contributed by atoms with Gasteiger partial charge >= 0.3 is 6.03 Å². The molecule has 1 fully saturated rings. The van der Waals surface area contributed by atoms with Crippen molar-refractivity contribution in [3.63, 3.8) is 0 Å². The van der Waals surface area contributed by atoms with Crippen molar-refractivity contribution in [2.24, 2.45) is 0 Å². The molecule has 2 heterocycles. The number of carbonyl (C=O) groups is 1. The fourth-order valence-corrected chi connectivity index (χ4v) is 5.40. The number of halogens is 1. The average Bonchev–Trinajstić information content (AvgIpc) is 2.85. The molecule has 0 aliphatic carbocycles. The number of rotatable bonds is 6. The van der Waals surface area contributed by atoms with E-state index in [2.05, 4.69) is 20.5 Å². The molecule has 2 aromatic carbocycles. The zero-order chi connectivity index (χ0) is 24.1. The third kappa shape index (κ3) is 5.67. The summed E-state index contributed by atoms with van der Waals surface area (Å²) in [5.41, 5.74) is 3.52. The first-order valence-corrected chi connectivity index (χ1v) is 12.7. The van der Waals surface area contributed by atoms with Crippen LogP contribution in [0.1, 0.15) is 11.1 Å². The van der Waals surface area contributed by atoms with Gasteiger partial charge in [0.15, 0.2) is 0 Å². The number of hydrogen-bond donors (Lipinski definition) is 2. The van der Waals surface area contributed by atoms with E-state index in [0.29, 0.717) is 43.4 Å². The number of carbonyl (C=O) groups excluding carboxylic acids is 1. The highest BCUT2D eigenvalue weighted by Crippen LogP contribution is 2.27. The second-order valence-corrected chi connectivity index (χ2v) is 10.4. The minimum atomic E-state index is -3.63. The third-order valence-electron chi connectivity index (χ3n) is 5.68. The zero-order valence-electron chi connectivity index (χ0n) is 18.7. The molecule has 178 valence electrons. The molecule has 4 rings (SSSR count). The van der Waals surface area contributed by atoms with Gasteiger partial charge in [-0.05, 0) is 60.5 Å². The molecule has 1 aromatic heterocycles. The smallest absolute Gasteiger partial charge is 0.319 e. The molecule has 3 aromatic rings. The summed E-state index contributed by atoms with van der Waals surface area (Å²) in [6, 6.07) is 15.2. The summed E-state index contributed by atoms with van der Waals surface area (Å²) in [4.78, 5) is 18.5. The number of aryl methyl sites for hydroxylation is 1. The number of sulfonamides is 1. The highest BCUT2D eigenvalue weighted by molar-refractivity contribution is 7.89. The van der Waals surface area contributed by atoms with E-state index >= 15 is 0 Å². The van der Waals surface area contributed by atoms with Gasteiger partial charge in [0.1, 0.15) is 0 Å². The first-order valence-electron chi connectivity index (χ1n) is 10.9. The second-order valence-electron chi connectivity index (χ2n) is 8.02. The Morgan fingerprint density at radius 3 is 2.47 bits per heavy atom. The Bertz CT molecular complexity index is 1250. The van der Waals surface area contributed by atoms with Crippen molar-refractivity contribution in [2.75, 3.05) is 36.4 Å². The molecule has 0 bridgehead atoms.